The van der Waals surface area contributed by atoms with Crippen molar-refractivity contribution in [3.05, 3.63) is 35.5 Å². The third kappa shape index (κ3) is 2.55. The molecule has 2 fully saturated rings. The molecule has 2 saturated carbocycles. The molecule has 9 nitrogen and oxygen atoms in total. The van der Waals surface area contributed by atoms with Gasteiger partial charge in [0.05, 0.1) is 18.3 Å². The summed E-state index contributed by atoms with van der Waals surface area (Å²) in [5.41, 5.74) is 2.16. The van der Waals surface area contributed by atoms with Gasteiger partial charge in [0.2, 0.25) is 0 Å². The lowest BCUT2D eigenvalue weighted by atomic mass is 10.2. The number of carbonyl (C=O) groups is 1. The van der Waals surface area contributed by atoms with Gasteiger partial charge in [-0.1, -0.05) is 0 Å². The van der Waals surface area contributed by atoms with Crippen molar-refractivity contribution in [3.8, 4) is 0 Å². The van der Waals surface area contributed by atoms with Gasteiger partial charge in [0.15, 0.2) is 11.5 Å². The molecule has 2 aliphatic carbocycles. The van der Waals surface area contributed by atoms with Crippen molar-refractivity contribution in [1.29, 1.82) is 0 Å². The van der Waals surface area contributed by atoms with Crippen molar-refractivity contribution in [1.82, 2.24) is 40.1 Å². The van der Waals surface area contributed by atoms with Crippen LogP contribution in [0, 0.1) is 0 Å². The SMILES string of the molecule is CC(NC(=O)c1cc(C2CC2)nc2ccnn12)c1nnnn1C1CC1. The van der Waals surface area contributed by atoms with Gasteiger partial charge in [-0.2, -0.15) is 5.10 Å². The number of amides is 1. The maximum Gasteiger partial charge on any atom is 0.270 e. The molecule has 128 valence electrons. The Kier molecular flexibility index (Phi) is 3.09. The van der Waals surface area contributed by atoms with Crippen LogP contribution in [-0.4, -0.2) is 40.7 Å². The first-order chi connectivity index (χ1) is 12.2. The van der Waals surface area contributed by atoms with E-state index in [1.807, 2.05) is 23.7 Å². The van der Waals surface area contributed by atoms with Gasteiger partial charge in [-0.15, -0.1) is 5.10 Å². The zero-order valence-electron chi connectivity index (χ0n) is 13.8. The largest absolute Gasteiger partial charge is 0.341 e. The third-order valence-corrected chi connectivity index (χ3v) is 4.75. The smallest absolute Gasteiger partial charge is 0.270 e. The normalized spacial score (nSPS) is 18.4. The molecule has 1 amide bonds. The Hall–Kier alpha value is -2.84. The lowest BCUT2D eigenvalue weighted by Gasteiger charge is -2.14. The molecule has 0 bridgehead atoms. The van der Waals surface area contributed by atoms with E-state index in [0.29, 0.717) is 29.1 Å². The minimum Gasteiger partial charge on any atom is -0.341 e. The summed E-state index contributed by atoms with van der Waals surface area (Å²) >= 11 is 0. The number of hydrogen-bond donors (Lipinski definition) is 1. The highest BCUT2D eigenvalue weighted by atomic mass is 16.2. The van der Waals surface area contributed by atoms with E-state index in [9.17, 15) is 4.79 Å². The lowest BCUT2D eigenvalue weighted by molar-refractivity contribution is 0.0929. The van der Waals surface area contributed by atoms with Crippen molar-refractivity contribution in [2.24, 2.45) is 0 Å². The second-order valence-electron chi connectivity index (χ2n) is 6.85. The highest BCUT2D eigenvalue weighted by Gasteiger charge is 2.31. The average molecular weight is 338 g/mol. The molecule has 25 heavy (non-hydrogen) atoms. The van der Waals surface area contributed by atoms with Gasteiger partial charge in [-0.05, 0) is 49.1 Å². The summed E-state index contributed by atoms with van der Waals surface area (Å²) in [6.07, 6.45) is 6.09. The first-order valence-electron chi connectivity index (χ1n) is 8.64. The summed E-state index contributed by atoms with van der Waals surface area (Å²) in [6.45, 7) is 1.89. The van der Waals surface area contributed by atoms with Gasteiger partial charge in [0, 0.05) is 17.7 Å². The molecular formula is C16H18N8O. The maximum atomic E-state index is 12.9. The second-order valence-corrected chi connectivity index (χ2v) is 6.85. The molecular weight excluding hydrogens is 320 g/mol. The van der Waals surface area contributed by atoms with Gasteiger partial charge in [-0.25, -0.2) is 14.2 Å². The molecule has 9 heteroatoms. The van der Waals surface area contributed by atoms with Crippen LogP contribution in [0.1, 0.15) is 72.6 Å². The molecule has 2 aliphatic rings. The van der Waals surface area contributed by atoms with Crippen molar-refractivity contribution in [3.63, 3.8) is 0 Å². The molecule has 0 aromatic carbocycles. The van der Waals surface area contributed by atoms with E-state index in [1.165, 1.54) is 0 Å². The Morgan fingerprint density at radius 3 is 2.92 bits per heavy atom. The van der Waals surface area contributed by atoms with E-state index in [2.05, 4.69) is 30.9 Å². The number of aromatic nitrogens is 7. The number of tetrazole rings is 1. The highest BCUT2D eigenvalue weighted by molar-refractivity contribution is 5.93. The van der Waals surface area contributed by atoms with Crippen molar-refractivity contribution < 1.29 is 4.79 Å². The van der Waals surface area contributed by atoms with Gasteiger partial charge in [-0.3, -0.25) is 4.79 Å². The minimum absolute atomic E-state index is 0.198. The van der Waals surface area contributed by atoms with E-state index in [4.69, 9.17) is 0 Å². The Morgan fingerprint density at radius 1 is 1.32 bits per heavy atom. The monoisotopic (exact) mass is 338 g/mol. The van der Waals surface area contributed by atoms with E-state index in [1.54, 1.807) is 10.7 Å². The summed E-state index contributed by atoms with van der Waals surface area (Å²) in [4.78, 5) is 17.5. The molecule has 0 aliphatic heterocycles. The standard InChI is InChI=1S/C16H18N8O/c1-9(15-20-21-22-23(15)11-4-5-11)18-16(25)13-8-12(10-2-3-10)19-14-6-7-17-24(13)14/h6-11H,2-5H2,1H3,(H,18,25). The minimum atomic E-state index is -0.286. The first kappa shape index (κ1) is 14.5. The topological polar surface area (TPSA) is 103 Å². The number of rotatable bonds is 5. The van der Waals surface area contributed by atoms with Crippen LogP contribution in [0.3, 0.4) is 0 Å². The van der Waals surface area contributed by atoms with Crippen LogP contribution in [0.4, 0.5) is 0 Å². The van der Waals surface area contributed by atoms with Gasteiger partial charge in [0.1, 0.15) is 5.69 Å². The van der Waals surface area contributed by atoms with E-state index >= 15 is 0 Å². The van der Waals surface area contributed by atoms with Gasteiger partial charge in [0.25, 0.3) is 5.91 Å². The number of nitrogens with zero attached hydrogens (tertiary/aromatic N) is 7. The molecule has 0 radical (unpaired) electrons. The predicted molar refractivity (Wildman–Crippen MR) is 86.9 cm³/mol. The fourth-order valence-corrected chi connectivity index (χ4v) is 3.08. The Balaban J connectivity index is 1.44. The summed E-state index contributed by atoms with van der Waals surface area (Å²) in [5.74, 6) is 0.950. The molecule has 3 aromatic heterocycles. The van der Waals surface area contributed by atoms with Crippen LogP contribution < -0.4 is 5.32 Å². The number of fused-ring (bicyclic) bond motifs is 1. The molecule has 3 heterocycles. The lowest BCUT2D eigenvalue weighted by Crippen LogP contribution is -2.30. The first-order valence-corrected chi connectivity index (χ1v) is 8.64. The highest BCUT2D eigenvalue weighted by Crippen LogP contribution is 2.39. The van der Waals surface area contributed by atoms with Crippen molar-refractivity contribution >= 4 is 11.6 Å². The van der Waals surface area contributed by atoms with Crippen LogP contribution in [0.5, 0.6) is 0 Å². The van der Waals surface area contributed by atoms with Crippen LogP contribution >= 0.6 is 0 Å². The van der Waals surface area contributed by atoms with Gasteiger partial charge < -0.3 is 5.32 Å². The summed E-state index contributed by atoms with van der Waals surface area (Å²) in [7, 11) is 0. The number of nitrogens with one attached hydrogen (secondary N) is 1. The quantitative estimate of drug-likeness (QED) is 0.755. The Labute approximate surface area is 143 Å². The zero-order chi connectivity index (χ0) is 17.0. The third-order valence-electron chi connectivity index (χ3n) is 4.75. The van der Waals surface area contributed by atoms with Crippen LogP contribution in [0.15, 0.2) is 18.3 Å². The summed E-state index contributed by atoms with van der Waals surface area (Å²) < 4.78 is 3.40. The molecule has 5 rings (SSSR count). The molecule has 0 spiro atoms. The number of carbonyl (C=O) groups excluding carboxylic acids is 1. The molecule has 1 N–H and O–H groups in total. The van der Waals surface area contributed by atoms with Crippen LogP contribution in [-0.2, 0) is 0 Å². The molecule has 1 unspecified atom stereocenters. The predicted octanol–water partition coefficient (Wildman–Crippen LogP) is 1.42. The van der Waals surface area contributed by atoms with Crippen molar-refractivity contribution in [2.75, 3.05) is 0 Å². The molecule has 0 saturated heterocycles. The summed E-state index contributed by atoms with van der Waals surface area (Å²) in [5, 5.41) is 19.1. The van der Waals surface area contributed by atoms with E-state index in [0.717, 1.165) is 31.4 Å². The molecule has 3 aromatic rings. The Bertz CT molecular complexity index is 952. The van der Waals surface area contributed by atoms with Crippen LogP contribution in [0.2, 0.25) is 0 Å². The fourth-order valence-electron chi connectivity index (χ4n) is 3.08. The second kappa shape index (κ2) is 5.33. The average Bonchev–Trinajstić information content (AvgIpc) is 3.54. The van der Waals surface area contributed by atoms with E-state index < -0.39 is 0 Å². The Morgan fingerprint density at radius 2 is 2.16 bits per heavy atom. The zero-order valence-corrected chi connectivity index (χ0v) is 13.8. The maximum absolute atomic E-state index is 12.9. The molecule has 1 atom stereocenters. The van der Waals surface area contributed by atoms with Crippen molar-refractivity contribution in [2.45, 2.75) is 50.6 Å². The fraction of sp³-hybridized carbons (Fsp3) is 0.500. The number of hydrogen-bond acceptors (Lipinski definition) is 6. The van der Waals surface area contributed by atoms with Crippen LogP contribution in [0.25, 0.3) is 5.65 Å². The van der Waals surface area contributed by atoms with Gasteiger partial charge >= 0.3 is 0 Å². The van der Waals surface area contributed by atoms with E-state index in [-0.39, 0.29) is 11.9 Å². The summed E-state index contributed by atoms with van der Waals surface area (Å²) in [6, 6.07) is 3.75.